The standard InChI is InChI=1S/C16H17FN2O/c17-15-8-13(9-19-10-15)7-12-1-3-14(4-2-12)16-11-18-5-6-20-16/h1-4,8-10,16,18H,5-7,11H2/t16-/m1/s1. The van der Waals surface area contributed by atoms with Gasteiger partial charge in [0.2, 0.25) is 0 Å². The summed E-state index contributed by atoms with van der Waals surface area (Å²) >= 11 is 0. The first kappa shape index (κ1) is 13.2. The molecule has 0 spiro atoms. The fraction of sp³-hybridized carbons (Fsp3) is 0.312. The maximum Gasteiger partial charge on any atom is 0.141 e. The summed E-state index contributed by atoms with van der Waals surface area (Å²) in [6.45, 7) is 2.52. The van der Waals surface area contributed by atoms with Gasteiger partial charge in [-0.3, -0.25) is 4.98 Å². The zero-order valence-electron chi connectivity index (χ0n) is 11.2. The van der Waals surface area contributed by atoms with Crippen LogP contribution < -0.4 is 5.32 Å². The molecule has 0 aliphatic carbocycles. The molecule has 104 valence electrons. The van der Waals surface area contributed by atoms with E-state index >= 15 is 0 Å². The van der Waals surface area contributed by atoms with Gasteiger partial charge in [0, 0.05) is 19.3 Å². The third kappa shape index (κ3) is 3.21. The van der Waals surface area contributed by atoms with E-state index < -0.39 is 0 Å². The van der Waals surface area contributed by atoms with Crippen molar-refractivity contribution in [3.05, 3.63) is 65.2 Å². The van der Waals surface area contributed by atoms with Gasteiger partial charge in [-0.25, -0.2) is 4.39 Å². The Bertz CT molecular complexity index is 565. The first-order chi connectivity index (χ1) is 9.81. The molecule has 0 unspecified atom stereocenters. The van der Waals surface area contributed by atoms with Gasteiger partial charge in [0.1, 0.15) is 5.82 Å². The highest BCUT2D eigenvalue weighted by atomic mass is 19.1. The van der Waals surface area contributed by atoms with E-state index in [1.807, 2.05) is 0 Å². The van der Waals surface area contributed by atoms with Crippen molar-refractivity contribution in [3.63, 3.8) is 0 Å². The van der Waals surface area contributed by atoms with Gasteiger partial charge < -0.3 is 10.1 Å². The average Bonchev–Trinajstić information content (AvgIpc) is 2.49. The van der Waals surface area contributed by atoms with Crippen molar-refractivity contribution in [1.82, 2.24) is 10.3 Å². The Morgan fingerprint density at radius 3 is 2.75 bits per heavy atom. The summed E-state index contributed by atoms with van der Waals surface area (Å²) < 4.78 is 18.8. The number of halogens is 1. The number of pyridine rings is 1. The first-order valence-corrected chi connectivity index (χ1v) is 6.82. The summed E-state index contributed by atoms with van der Waals surface area (Å²) in [6, 6.07) is 9.82. The average molecular weight is 272 g/mol. The van der Waals surface area contributed by atoms with Crippen molar-refractivity contribution in [2.45, 2.75) is 12.5 Å². The molecule has 1 aromatic carbocycles. The lowest BCUT2D eigenvalue weighted by molar-refractivity contribution is 0.0277. The zero-order valence-corrected chi connectivity index (χ0v) is 11.2. The minimum absolute atomic E-state index is 0.133. The Hall–Kier alpha value is -1.78. The van der Waals surface area contributed by atoms with E-state index in [-0.39, 0.29) is 11.9 Å². The Balaban J connectivity index is 1.69. The molecule has 1 aromatic heterocycles. The minimum Gasteiger partial charge on any atom is -0.371 e. The number of hydrogen-bond acceptors (Lipinski definition) is 3. The second-order valence-corrected chi connectivity index (χ2v) is 4.99. The van der Waals surface area contributed by atoms with Gasteiger partial charge in [0.15, 0.2) is 0 Å². The predicted octanol–water partition coefficient (Wildman–Crippen LogP) is 2.47. The Morgan fingerprint density at radius 1 is 1.20 bits per heavy atom. The molecule has 3 nitrogen and oxygen atoms in total. The molecule has 0 bridgehead atoms. The molecular formula is C16H17FN2O. The van der Waals surface area contributed by atoms with Gasteiger partial charge in [-0.15, -0.1) is 0 Å². The van der Waals surface area contributed by atoms with E-state index in [2.05, 4.69) is 34.6 Å². The van der Waals surface area contributed by atoms with Crippen molar-refractivity contribution >= 4 is 0 Å². The van der Waals surface area contributed by atoms with Crippen LogP contribution in [0.2, 0.25) is 0 Å². The lowest BCUT2D eigenvalue weighted by atomic mass is 10.0. The molecule has 1 saturated heterocycles. The van der Waals surface area contributed by atoms with Crippen LogP contribution in [0, 0.1) is 5.82 Å². The molecule has 0 amide bonds. The maximum absolute atomic E-state index is 13.1. The lowest BCUT2D eigenvalue weighted by Crippen LogP contribution is -2.33. The van der Waals surface area contributed by atoms with Gasteiger partial charge >= 0.3 is 0 Å². The van der Waals surface area contributed by atoms with Crippen molar-refractivity contribution in [1.29, 1.82) is 0 Å². The molecule has 0 radical (unpaired) electrons. The summed E-state index contributed by atoms with van der Waals surface area (Å²) in [5.74, 6) is -0.291. The highest BCUT2D eigenvalue weighted by molar-refractivity contribution is 5.29. The minimum atomic E-state index is -0.291. The summed E-state index contributed by atoms with van der Waals surface area (Å²) in [7, 11) is 0. The fourth-order valence-electron chi connectivity index (χ4n) is 2.42. The van der Waals surface area contributed by atoms with E-state index in [1.165, 1.54) is 17.8 Å². The smallest absolute Gasteiger partial charge is 0.141 e. The highest BCUT2D eigenvalue weighted by Crippen LogP contribution is 2.20. The topological polar surface area (TPSA) is 34.2 Å². The number of hydrogen-bond donors (Lipinski definition) is 1. The van der Waals surface area contributed by atoms with Gasteiger partial charge in [0.05, 0.1) is 18.9 Å². The van der Waals surface area contributed by atoms with Crippen LogP contribution in [0.5, 0.6) is 0 Å². The Labute approximate surface area is 117 Å². The van der Waals surface area contributed by atoms with Crippen molar-refractivity contribution in [3.8, 4) is 0 Å². The third-order valence-electron chi connectivity index (χ3n) is 3.45. The molecule has 3 rings (SSSR count). The van der Waals surface area contributed by atoms with Crippen molar-refractivity contribution < 1.29 is 9.13 Å². The van der Waals surface area contributed by atoms with Crippen molar-refractivity contribution in [2.24, 2.45) is 0 Å². The normalized spacial score (nSPS) is 18.9. The summed E-state index contributed by atoms with van der Waals surface area (Å²) in [4.78, 5) is 3.87. The van der Waals surface area contributed by atoms with Gasteiger partial charge in [0.25, 0.3) is 0 Å². The summed E-state index contributed by atoms with van der Waals surface area (Å²) in [5.41, 5.74) is 3.21. The van der Waals surface area contributed by atoms with E-state index in [4.69, 9.17) is 4.74 Å². The number of benzene rings is 1. The lowest BCUT2D eigenvalue weighted by Gasteiger charge is -2.24. The first-order valence-electron chi connectivity index (χ1n) is 6.82. The van der Waals surface area contributed by atoms with Crippen molar-refractivity contribution in [2.75, 3.05) is 19.7 Å². The van der Waals surface area contributed by atoms with Crippen LogP contribution in [0.3, 0.4) is 0 Å². The van der Waals surface area contributed by atoms with E-state index in [9.17, 15) is 4.39 Å². The van der Waals surface area contributed by atoms with Gasteiger partial charge in [-0.1, -0.05) is 24.3 Å². The molecule has 1 N–H and O–H groups in total. The molecule has 4 heteroatoms. The summed E-state index contributed by atoms with van der Waals surface area (Å²) in [6.07, 6.45) is 3.74. The predicted molar refractivity (Wildman–Crippen MR) is 75.0 cm³/mol. The van der Waals surface area contributed by atoms with E-state index in [0.717, 1.165) is 30.8 Å². The quantitative estimate of drug-likeness (QED) is 0.932. The monoisotopic (exact) mass is 272 g/mol. The largest absolute Gasteiger partial charge is 0.371 e. The molecule has 2 aromatic rings. The fourth-order valence-corrected chi connectivity index (χ4v) is 2.42. The van der Waals surface area contributed by atoms with Crippen LogP contribution >= 0.6 is 0 Å². The molecule has 1 fully saturated rings. The van der Waals surface area contributed by atoms with Crippen LogP contribution in [-0.4, -0.2) is 24.7 Å². The van der Waals surface area contributed by atoms with Crippen LogP contribution in [0.25, 0.3) is 0 Å². The highest BCUT2D eigenvalue weighted by Gasteiger charge is 2.15. The van der Waals surface area contributed by atoms with Crippen LogP contribution in [-0.2, 0) is 11.2 Å². The number of morpholine rings is 1. The summed E-state index contributed by atoms with van der Waals surface area (Å²) in [5, 5.41) is 3.32. The number of ether oxygens (including phenoxy) is 1. The number of nitrogens with zero attached hydrogens (tertiary/aromatic N) is 1. The number of nitrogens with one attached hydrogen (secondary N) is 1. The van der Waals surface area contributed by atoms with Gasteiger partial charge in [-0.2, -0.15) is 0 Å². The molecule has 0 saturated carbocycles. The van der Waals surface area contributed by atoms with E-state index in [1.54, 1.807) is 6.20 Å². The number of aromatic nitrogens is 1. The Morgan fingerprint density at radius 2 is 2.05 bits per heavy atom. The maximum atomic E-state index is 13.1. The van der Waals surface area contributed by atoms with E-state index in [0.29, 0.717) is 6.42 Å². The second kappa shape index (κ2) is 6.11. The van der Waals surface area contributed by atoms with Crippen LogP contribution in [0.15, 0.2) is 42.7 Å². The van der Waals surface area contributed by atoms with Crippen LogP contribution in [0.4, 0.5) is 4.39 Å². The SMILES string of the molecule is Fc1cncc(Cc2ccc([C@H]3CNCCO3)cc2)c1. The Kier molecular flexibility index (Phi) is 4.04. The molecule has 1 aliphatic rings. The number of rotatable bonds is 3. The molecule has 2 heterocycles. The van der Waals surface area contributed by atoms with Crippen LogP contribution in [0.1, 0.15) is 22.8 Å². The molecule has 1 atom stereocenters. The third-order valence-corrected chi connectivity index (χ3v) is 3.45. The molecular weight excluding hydrogens is 255 g/mol. The molecule has 20 heavy (non-hydrogen) atoms. The zero-order chi connectivity index (χ0) is 13.8. The second-order valence-electron chi connectivity index (χ2n) is 4.99. The van der Waals surface area contributed by atoms with Gasteiger partial charge in [-0.05, 0) is 29.2 Å². The molecule has 1 aliphatic heterocycles.